The Morgan fingerprint density at radius 3 is 2.63 bits per heavy atom. The number of fused-ring (bicyclic) bond motifs is 3. The summed E-state index contributed by atoms with van der Waals surface area (Å²) in [6.07, 6.45) is 4.86. The molecule has 1 heterocycles. The summed E-state index contributed by atoms with van der Waals surface area (Å²) in [5.74, 6) is -0.400. The Labute approximate surface area is 155 Å². The molecular formula is C20H18N2O5. The molecule has 0 fully saturated rings. The van der Waals surface area contributed by atoms with Crippen LogP contribution in [0.4, 0.5) is 11.4 Å². The minimum absolute atomic E-state index is 0.0829. The number of aromatic carboxylic acids is 1. The molecule has 0 unspecified atom stereocenters. The Bertz CT molecular complexity index is 952. The van der Waals surface area contributed by atoms with Gasteiger partial charge in [-0.3, -0.25) is 10.1 Å². The largest absolute Gasteiger partial charge is 0.495 e. The number of carboxylic acid groups (broad SMARTS) is 1. The molecule has 0 saturated heterocycles. The van der Waals surface area contributed by atoms with Crippen LogP contribution in [0.1, 0.15) is 39.9 Å². The van der Waals surface area contributed by atoms with E-state index in [4.69, 9.17) is 9.84 Å². The third kappa shape index (κ3) is 2.71. The van der Waals surface area contributed by atoms with Crippen LogP contribution >= 0.6 is 0 Å². The zero-order valence-electron chi connectivity index (χ0n) is 14.6. The van der Waals surface area contributed by atoms with Gasteiger partial charge in [0, 0.05) is 12.0 Å². The van der Waals surface area contributed by atoms with Gasteiger partial charge in [-0.2, -0.15) is 0 Å². The molecule has 2 N–H and O–H groups in total. The van der Waals surface area contributed by atoms with Gasteiger partial charge in [0.25, 0.3) is 5.69 Å². The Morgan fingerprint density at radius 2 is 2.00 bits per heavy atom. The number of nitro benzene ring substituents is 1. The van der Waals surface area contributed by atoms with Crippen LogP contribution in [0, 0.1) is 16.0 Å². The number of nitrogens with one attached hydrogen (secondary N) is 1. The van der Waals surface area contributed by atoms with Gasteiger partial charge in [0.15, 0.2) is 0 Å². The summed E-state index contributed by atoms with van der Waals surface area (Å²) in [7, 11) is 1.54. The number of nitro groups is 1. The quantitative estimate of drug-likeness (QED) is 0.479. The van der Waals surface area contributed by atoms with Crippen molar-refractivity contribution in [1.82, 2.24) is 0 Å². The lowest BCUT2D eigenvalue weighted by Crippen LogP contribution is -2.30. The summed E-state index contributed by atoms with van der Waals surface area (Å²) in [6, 6.07) is 9.75. The van der Waals surface area contributed by atoms with E-state index < -0.39 is 5.97 Å². The van der Waals surface area contributed by atoms with Crippen LogP contribution in [-0.2, 0) is 0 Å². The summed E-state index contributed by atoms with van der Waals surface area (Å²) in [5.41, 5.74) is 2.53. The first kappa shape index (κ1) is 17.1. The number of ether oxygens (including phenoxy) is 1. The second-order valence-electron chi connectivity index (χ2n) is 6.74. The van der Waals surface area contributed by atoms with Crippen molar-refractivity contribution in [2.45, 2.75) is 18.4 Å². The van der Waals surface area contributed by atoms with Crippen molar-refractivity contribution < 1.29 is 19.6 Å². The maximum atomic E-state index is 11.6. The minimum atomic E-state index is -0.971. The third-order valence-corrected chi connectivity index (χ3v) is 5.39. The monoisotopic (exact) mass is 366 g/mol. The van der Waals surface area contributed by atoms with E-state index in [0.717, 1.165) is 12.0 Å². The Kier molecular flexibility index (Phi) is 4.07. The standard InChI is InChI=1S/C20H18N2O5/c1-27-16-10-9-15(22(25)26)17-13-3-2-4-14(13)18(21-19(16)17)11-5-7-12(8-6-11)20(23)24/h2-3,5-10,13-14,18,21H,4H2,1H3,(H,23,24)/t13-,14-,18+/m0/s1. The second-order valence-corrected chi connectivity index (χ2v) is 6.74. The van der Waals surface area contributed by atoms with Crippen LogP contribution in [-0.4, -0.2) is 23.1 Å². The Hall–Kier alpha value is -3.35. The van der Waals surface area contributed by atoms with Gasteiger partial charge >= 0.3 is 5.97 Å². The van der Waals surface area contributed by atoms with E-state index in [9.17, 15) is 14.9 Å². The molecule has 0 bridgehead atoms. The number of benzene rings is 2. The van der Waals surface area contributed by atoms with Crippen LogP contribution in [0.5, 0.6) is 5.75 Å². The lowest BCUT2D eigenvalue weighted by Gasteiger charge is -2.37. The highest BCUT2D eigenvalue weighted by Crippen LogP contribution is 2.54. The molecule has 0 radical (unpaired) electrons. The number of methoxy groups -OCH3 is 1. The number of carboxylic acids is 1. The number of nitrogens with zero attached hydrogens (tertiary/aromatic N) is 1. The molecule has 2 aromatic carbocycles. The molecule has 4 rings (SSSR count). The van der Waals surface area contributed by atoms with Crippen molar-refractivity contribution in [3.8, 4) is 5.75 Å². The lowest BCUT2D eigenvalue weighted by molar-refractivity contribution is -0.385. The first-order valence-corrected chi connectivity index (χ1v) is 8.63. The van der Waals surface area contributed by atoms with Crippen molar-refractivity contribution >= 4 is 17.3 Å². The molecule has 7 nitrogen and oxygen atoms in total. The minimum Gasteiger partial charge on any atom is -0.495 e. The van der Waals surface area contributed by atoms with E-state index in [-0.39, 0.29) is 34.1 Å². The fourth-order valence-electron chi connectivity index (χ4n) is 4.16. The van der Waals surface area contributed by atoms with Crippen LogP contribution in [0.3, 0.4) is 0 Å². The van der Waals surface area contributed by atoms with Gasteiger partial charge in [0.05, 0.1) is 34.9 Å². The lowest BCUT2D eigenvalue weighted by atomic mass is 9.76. The molecular weight excluding hydrogens is 348 g/mol. The van der Waals surface area contributed by atoms with Crippen LogP contribution in [0.15, 0.2) is 48.6 Å². The average molecular weight is 366 g/mol. The fourth-order valence-corrected chi connectivity index (χ4v) is 4.16. The van der Waals surface area contributed by atoms with Gasteiger partial charge < -0.3 is 15.2 Å². The van der Waals surface area contributed by atoms with E-state index in [2.05, 4.69) is 5.32 Å². The molecule has 2 aliphatic rings. The van der Waals surface area contributed by atoms with E-state index in [1.165, 1.54) is 13.2 Å². The summed E-state index contributed by atoms with van der Waals surface area (Å²) < 4.78 is 5.44. The highest BCUT2D eigenvalue weighted by Gasteiger charge is 2.42. The first-order chi connectivity index (χ1) is 13.0. The number of carbonyl (C=O) groups is 1. The highest BCUT2D eigenvalue weighted by atomic mass is 16.6. The smallest absolute Gasteiger partial charge is 0.335 e. The van der Waals surface area contributed by atoms with E-state index in [1.807, 2.05) is 12.2 Å². The molecule has 0 aromatic heterocycles. The van der Waals surface area contributed by atoms with Gasteiger partial charge in [-0.15, -0.1) is 0 Å². The molecule has 138 valence electrons. The number of anilines is 1. The van der Waals surface area contributed by atoms with E-state index >= 15 is 0 Å². The molecule has 2 aromatic rings. The van der Waals surface area contributed by atoms with Gasteiger partial charge in [-0.05, 0) is 36.1 Å². The normalized spacial score (nSPS) is 22.5. The summed E-state index contributed by atoms with van der Waals surface area (Å²) in [4.78, 5) is 22.3. The fraction of sp³-hybridized carbons (Fsp3) is 0.250. The summed E-state index contributed by atoms with van der Waals surface area (Å²) in [6.45, 7) is 0. The summed E-state index contributed by atoms with van der Waals surface area (Å²) in [5, 5.41) is 24.1. The van der Waals surface area contributed by atoms with Crippen LogP contribution in [0.2, 0.25) is 0 Å². The maximum absolute atomic E-state index is 11.6. The average Bonchev–Trinajstić information content (AvgIpc) is 3.16. The first-order valence-electron chi connectivity index (χ1n) is 8.63. The number of hydrogen-bond donors (Lipinski definition) is 2. The molecule has 1 aliphatic carbocycles. The molecule has 0 spiro atoms. The maximum Gasteiger partial charge on any atom is 0.335 e. The molecule has 1 aliphatic heterocycles. The van der Waals surface area contributed by atoms with Crippen molar-refractivity contribution in [3.05, 3.63) is 75.4 Å². The van der Waals surface area contributed by atoms with Crippen molar-refractivity contribution in [1.29, 1.82) is 0 Å². The van der Waals surface area contributed by atoms with Crippen LogP contribution < -0.4 is 10.1 Å². The number of allylic oxidation sites excluding steroid dienone is 2. The van der Waals surface area contributed by atoms with Crippen molar-refractivity contribution in [3.63, 3.8) is 0 Å². The third-order valence-electron chi connectivity index (χ3n) is 5.39. The van der Waals surface area contributed by atoms with Crippen LogP contribution in [0.25, 0.3) is 0 Å². The number of rotatable bonds is 4. The molecule has 3 atom stereocenters. The highest BCUT2D eigenvalue weighted by molar-refractivity contribution is 5.87. The van der Waals surface area contributed by atoms with Gasteiger partial charge in [0.2, 0.25) is 0 Å². The zero-order valence-corrected chi connectivity index (χ0v) is 14.6. The Morgan fingerprint density at radius 1 is 1.26 bits per heavy atom. The topological polar surface area (TPSA) is 102 Å². The second kappa shape index (κ2) is 6.42. The van der Waals surface area contributed by atoms with Gasteiger partial charge in [-0.25, -0.2) is 4.79 Å². The molecule has 7 heteroatoms. The predicted octanol–water partition coefficient (Wildman–Crippen LogP) is 4.13. The molecule has 0 amide bonds. The van der Waals surface area contributed by atoms with Crippen molar-refractivity contribution in [2.24, 2.45) is 5.92 Å². The molecule has 27 heavy (non-hydrogen) atoms. The summed E-state index contributed by atoms with van der Waals surface area (Å²) >= 11 is 0. The SMILES string of the molecule is COc1ccc([N+](=O)[O-])c2c1N[C@H](c1ccc(C(=O)O)cc1)[C@H]1CC=C[C@H]21. The zero-order chi connectivity index (χ0) is 19.1. The van der Waals surface area contributed by atoms with Gasteiger partial charge in [-0.1, -0.05) is 24.3 Å². The van der Waals surface area contributed by atoms with Gasteiger partial charge in [0.1, 0.15) is 5.75 Å². The van der Waals surface area contributed by atoms with E-state index in [1.54, 1.807) is 30.3 Å². The predicted molar refractivity (Wildman–Crippen MR) is 99.4 cm³/mol. The van der Waals surface area contributed by atoms with Crippen molar-refractivity contribution in [2.75, 3.05) is 12.4 Å². The molecule has 0 saturated carbocycles. The Balaban J connectivity index is 1.83. The number of hydrogen-bond acceptors (Lipinski definition) is 5. The van der Waals surface area contributed by atoms with E-state index in [0.29, 0.717) is 17.0 Å².